The van der Waals surface area contributed by atoms with Gasteiger partial charge in [-0.05, 0) is 6.92 Å². The Balaban J connectivity index is 2.65. The number of rotatable bonds is 2. The Bertz CT molecular complexity index is 255. The summed E-state index contributed by atoms with van der Waals surface area (Å²) in [4.78, 5) is 10.5. The lowest BCUT2D eigenvalue weighted by molar-refractivity contribution is -0.114. The Morgan fingerprint density at radius 1 is 1.82 bits per heavy atom. The van der Waals surface area contributed by atoms with Gasteiger partial charge in [0.2, 0.25) is 5.91 Å². The van der Waals surface area contributed by atoms with Gasteiger partial charge in [-0.15, -0.1) is 5.10 Å². The molecule has 11 heavy (non-hydrogen) atoms. The van der Waals surface area contributed by atoms with Crippen molar-refractivity contribution in [3.63, 3.8) is 0 Å². The van der Waals surface area contributed by atoms with Gasteiger partial charge in [0, 0.05) is 13.5 Å². The highest BCUT2D eigenvalue weighted by molar-refractivity contribution is 5.87. The van der Waals surface area contributed by atoms with Crippen LogP contribution in [0.25, 0.3) is 0 Å². The van der Waals surface area contributed by atoms with Gasteiger partial charge in [-0.1, -0.05) is 5.21 Å². The second kappa shape index (κ2) is 3.14. The fourth-order valence-corrected chi connectivity index (χ4v) is 0.691. The Kier molecular flexibility index (Phi) is 2.20. The molecule has 0 aromatic carbocycles. The van der Waals surface area contributed by atoms with Crippen LogP contribution in [0.1, 0.15) is 13.8 Å². The van der Waals surface area contributed by atoms with Gasteiger partial charge in [-0.25, -0.2) is 0 Å². The Hall–Kier alpha value is -1.39. The predicted octanol–water partition coefficient (Wildman–Crippen LogP) is 0.256. The highest BCUT2D eigenvalue weighted by Gasteiger charge is 1.98. The van der Waals surface area contributed by atoms with E-state index < -0.39 is 0 Å². The van der Waals surface area contributed by atoms with E-state index in [0.717, 1.165) is 6.54 Å². The minimum atomic E-state index is -0.131. The van der Waals surface area contributed by atoms with E-state index in [1.165, 1.54) is 6.92 Å². The molecule has 1 aromatic heterocycles. The van der Waals surface area contributed by atoms with Crippen molar-refractivity contribution in [3.8, 4) is 0 Å². The fraction of sp³-hybridized carbons (Fsp3) is 0.500. The summed E-state index contributed by atoms with van der Waals surface area (Å²) in [7, 11) is 0. The summed E-state index contributed by atoms with van der Waals surface area (Å²) in [5.74, 6) is 0.368. The summed E-state index contributed by atoms with van der Waals surface area (Å²) in [6.45, 7) is 4.14. The molecule has 1 amide bonds. The van der Waals surface area contributed by atoms with Crippen molar-refractivity contribution in [3.05, 3.63) is 6.20 Å². The molecule has 0 radical (unpaired) electrons. The number of aryl methyl sites for hydroxylation is 1. The standard InChI is InChI=1S/C6H10N4O/c1-3-10-4-6(8-9-10)7-5(2)11/h4H,3H2,1-2H3,(H,7,11). The Morgan fingerprint density at radius 2 is 2.55 bits per heavy atom. The molecule has 1 heterocycles. The zero-order valence-corrected chi connectivity index (χ0v) is 6.53. The lowest BCUT2D eigenvalue weighted by atomic mass is 10.6. The van der Waals surface area contributed by atoms with Crippen LogP contribution in [0.3, 0.4) is 0 Å². The van der Waals surface area contributed by atoms with Crippen LogP contribution in [-0.4, -0.2) is 20.9 Å². The van der Waals surface area contributed by atoms with Crippen LogP contribution in [-0.2, 0) is 11.3 Å². The van der Waals surface area contributed by atoms with Crippen molar-refractivity contribution in [2.45, 2.75) is 20.4 Å². The van der Waals surface area contributed by atoms with Gasteiger partial charge in [0.25, 0.3) is 0 Å². The molecule has 0 bridgehead atoms. The fourth-order valence-electron chi connectivity index (χ4n) is 0.691. The van der Waals surface area contributed by atoms with Crippen molar-refractivity contribution in [2.24, 2.45) is 0 Å². The molecule has 0 unspecified atom stereocenters. The highest BCUT2D eigenvalue weighted by Crippen LogP contribution is 1.98. The van der Waals surface area contributed by atoms with E-state index in [9.17, 15) is 4.79 Å². The predicted molar refractivity (Wildman–Crippen MR) is 40.0 cm³/mol. The zero-order chi connectivity index (χ0) is 8.27. The maximum atomic E-state index is 10.5. The molecule has 0 aliphatic rings. The van der Waals surface area contributed by atoms with Crippen LogP contribution in [0.15, 0.2) is 6.20 Å². The van der Waals surface area contributed by atoms with E-state index in [4.69, 9.17) is 0 Å². The molecule has 0 atom stereocenters. The number of hydrogen-bond donors (Lipinski definition) is 1. The Labute approximate surface area is 64.4 Å². The number of carbonyl (C=O) groups is 1. The van der Waals surface area contributed by atoms with E-state index >= 15 is 0 Å². The summed E-state index contributed by atoms with van der Waals surface area (Å²) < 4.78 is 1.64. The van der Waals surface area contributed by atoms with E-state index in [-0.39, 0.29) is 5.91 Å². The average Bonchev–Trinajstić information content (AvgIpc) is 2.34. The van der Waals surface area contributed by atoms with Crippen molar-refractivity contribution in [1.29, 1.82) is 0 Å². The van der Waals surface area contributed by atoms with Crippen LogP contribution in [0, 0.1) is 0 Å². The van der Waals surface area contributed by atoms with Crippen molar-refractivity contribution >= 4 is 11.7 Å². The minimum absolute atomic E-state index is 0.131. The molecule has 0 aliphatic heterocycles. The maximum absolute atomic E-state index is 10.5. The quantitative estimate of drug-likeness (QED) is 0.664. The highest BCUT2D eigenvalue weighted by atomic mass is 16.1. The minimum Gasteiger partial charge on any atom is -0.308 e. The van der Waals surface area contributed by atoms with E-state index in [0.29, 0.717) is 5.82 Å². The first kappa shape index (κ1) is 7.71. The van der Waals surface area contributed by atoms with E-state index in [2.05, 4.69) is 15.6 Å². The molecule has 1 N–H and O–H groups in total. The van der Waals surface area contributed by atoms with Crippen LogP contribution in [0.2, 0.25) is 0 Å². The summed E-state index contributed by atoms with van der Waals surface area (Å²) in [5, 5.41) is 9.97. The van der Waals surface area contributed by atoms with Gasteiger partial charge in [0.1, 0.15) is 0 Å². The molecule has 60 valence electrons. The van der Waals surface area contributed by atoms with Gasteiger partial charge in [0.05, 0.1) is 6.20 Å². The number of anilines is 1. The van der Waals surface area contributed by atoms with Crippen molar-refractivity contribution in [2.75, 3.05) is 5.32 Å². The third-order valence-corrected chi connectivity index (χ3v) is 1.17. The topological polar surface area (TPSA) is 59.8 Å². The molecule has 0 saturated carbocycles. The first-order valence-corrected chi connectivity index (χ1v) is 3.40. The lowest BCUT2D eigenvalue weighted by Gasteiger charge is -1.91. The van der Waals surface area contributed by atoms with Crippen molar-refractivity contribution < 1.29 is 4.79 Å². The van der Waals surface area contributed by atoms with Crippen LogP contribution in [0.4, 0.5) is 5.82 Å². The number of amides is 1. The van der Waals surface area contributed by atoms with Gasteiger partial charge >= 0.3 is 0 Å². The normalized spacial score (nSPS) is 9.64. The largest absolute Gasteiger partial charge is 0.308 e. The first-order chi connectivity index (χ1) is 5.22. The number of carbonyl (C=O) groups excluding carboxylic acids is 1. The van der Waals surface area contributed by atoms with Gasteiger partial charge in [-0.3, -0.25) is 9.48 Å². The molecule has 0 spiro atoms. The number of nitrogens with one attached hydrogen (secondary N) is 1. The van der Waals surface area contributed by atoms with Crippen LogP contribution < -0.4 is 5.32 Å². The molecule has 1 rings (SSSR count). The monoisotopic (exact) mass is 154 g/mol. The zero-order valence-electron chi connectivity index (χ0n) is 6.53. The summed E-state index contributed by atoms with van der Waals surface area (Å²) in [5.41, 5.74) is 0. The van der Waals surface area contributed by atoms with E-state index in [1.54, 1.807) is 10.9 Å². The average molecular weight is 154 g/mol. The smallest absolute Gasteiger partial charge is 0.222 e. The second-order valence-corrected chi connectivity index (χ2v) is 2.14. The molecule has 0 fully saturated rings. The molecule has 5 heteroatoms. The lowest BCUT2D eigenvalue weighted by Crippen LogP contribution is -2.05. The molecule has 0 aliphatic carbocycles. The molecular weight excluding hydrogens is 144 g/mol. The van der Waals surface area contributed by atoms with Crippen LogP contribution in [0.5, 0.6) is 0 Å². The molecule has 0 saturated heterocycles. The summed E-state index contributed by atoms with van der Waals surface area (Å²) in [6.07, 6.45) is 1.68. The summed E-state index contributed by atoms with van der Waals surface area (Å²) in [6, 6.07) is 0. The third kappa shape index (κ3) is 2.03. The maximum Gasteiger partial charge on any atom is 0.222 e. The SMILES string of the molecule is CCn1cc(NC(C)=O)nn1. The summed E-state index contributed by atoms with van der Waals surface area (Å²) >= 11 is 0. The number of nitrogens with zero attached hydrogens (tertiary/aromatic N) is 3. The third-order valence-electron chi connectivity index (χ3n) is 1.17. The first-order valence-electron chi connectivity index (χ1n) is 3.40. The molecule has 5 nitrogen and oxygen atoms in total. The van der Waals surface area contributed by atoms with E-state index in [1.807, 2.05) is 6.92 Å². The van der Waals surface area contributed by atoms with Gasteiger partial charge < -0.3 is 5.32 Å². The Morgan fingerprint density at radius 3 is 3.00 bits per heavy atom. The molecule has 1 aromatic rings. The second-order valence-electron chi connectivity index (χ2n) is 2.14. The van der Waals surface area contributed by atoms with Crippen molar-refractivity contribution in [1.82, 2.24) is 15.0 Å². The van der Waals surface area contributed by atoms with Gasteiger partial charge in [-0.2, -0.15) is 0 Å². The number of hydrogen-bond acceptors (Lipinski definition) is 3. The van der Waals surface area contributed by atoms with Crippen LogP contribution >= 0.6 is 0 Å². The van der Waals surface area contributed by atoms with Gasteiger partial charge in [0.15, 0.2) is 5.82 Å². The number of aromatic nitrogens is 3. The molecular formula is C6H10N4O.